The van der Waals surface area contributed by atoms with Gasteiger partial charge < -0.3 is 20.3 Å². The molecule has 0 saturated carbocycles. The summed E-state index contributed by atoms with van der Waals surface area (Å²) in [7, 11) is 0. The second kappa shape index (κ2) is 11.4. The van der Waals surface area contributed by atoms with E-state index in [0.717, 1.165) is 23.0 Å². The average Bonchev–Trinajstić information content (AvgIpc) is 3.28. The van der Waals surface area contributed by atoms with E-state index < -0.39 is 17.8 Å². The lowest BCUT2D eigenvalue weighted by Gasteiger charge is -2.15. The number of unbranched alkanes of at least 4 members (excludes halogenated alkanes) is 1. The molecular weight excluding hydrogens is 443 g/mol. The van der Waals surface area contributed by atoms with Crippen LogP contribution in [0, 0.1) is 0 Å². The highest BCUT2D eigenvalue weighted by Gasteiger charge is 2.35. The number of halogens is 3. The fraction of sp³-hybridized carbons (Fsp3) is 0.364. The molecule has 0 amide bonds. The monoisotopic (exact) mass is 467 g/mol. The van der Waals surface area contributed by atoms with Crippen LogP contribution in [0.2, 0.25) is 0 Å². The van der Waals surface area contributed by atoms with Crippen molar-refractivity contribution in [2.75, 3.05) is 19.8 Å². The summed E-state index contributed by atoms with van der Waals surface area (Å²) in [6, 6.07) is 12.8. The van der Waals surface area contributed by atoms with Gasteiger partial charge in [-0.1, -0.05) is 41.7 Å². The van der Waals surface area contributed by atoms with Gasteiger partial charge in [0.15, 0.2) is 0 Å². The van der Waals surface area contributed by atoms with Gasteiger partial charge in [0.25, 0.3) is 0 Å². The molecule has 1 atom stereocenters. The van der Waals surface area contributed by atoms with Gasteiger partial charge in [0.1, 0.15) is 15.8 Å². The van der Waals surface area contributed by atoms with Gasteiger partial charge in [-0.05, 0) is 36.6 Å². The van der Waals surface area contributed by atoms with E-state index in [4.69, 9.17) is 20.3 Å². The third-order valence-electron chi connectivity index (χ3n) is 4.54. The van der Waals surface area contributed by atoms with E-state index in [9.17, 15) is 13.2 Å². The van der Waals surface area contributed by atoms with Gasteiger partial charge in [-0.2, -0.15) is 13.2 Å². The number of alkyl halides is 3. The van der Waals surface area contributed by atoms with Crippen molar-refractivity contribution in [2.24, 2.45) is 5.73 Å². The molecule has 1 heterocycles. The molecular formula is C22H24F3N3O3S. The highest BCUT2D eigenvalue weighted by molar-refractivity contribution is 7.14. The molecule has 3 rings (SSSR count). The molecule has 2 aromatic carbocycles. The summed E-state index contributed by atoms with van der Waals surface area (Å²) in [6.45, 7) is 0.814. The van der Waals surface area contributed by atoms with Crippen molar-refractivity contribution in [2.45, 2.75) is 31.7 Å². The topological polar surface area (TPSA) is 90.5 Å². The van der Waals surface area contributed by atoms with Gasteiger partial charge in [0, 0.05) is 12.2 Å². The van der Waals surface area contributed by atoms with Gasteiger partial charge in [-0.3, -0.25) is 0 Å². The number of hydrogen-bond acceptors (Lipinski definition) is 7. The second-order valence-corrected chi connectivity index (χ2v) is 8.05. The predicted molar refractivity (Wildman–Crippen MR) is 115 cm³/mol. The SMILES string of the molecule is NC(CO)c1nnc(-c2ccc(OCCCCOCc3ccccc3)c(C(F)(F)F)c2)s1. The maximum absolute atomic E-state index is 13.6. The first-order chi connectivity index (χ1) is 15.4. The molecule has 0 spiro atoms. The number of nitrogens with two attached hydrogens (primary N) is 1. The molecule has 0 aliphatic carbocycles. The van der Waals surface area contributed by atoms with Crippen molar-refractivity contribution >= 4 is 11.3 Å². The molecule has 3 N–H and O–H groups in total. The Morgan fingerprint density at radius 3 is 2.50 bits per heavy atom. The largest absolute Gasteiger partial charge is 0.493 e. The third-order valence-corrected chi connectivity index (χ3v) is 5.64. The second-order valence-electron chi connectivity index (χ2n) is 7.04. The number of aromatic nitrogens is 2. The van der Waals surface area contributed by atoms with Crippen LogP contribution in [0.4, 0.5) is 13.2 Å². The maximum Gasteiger partial charge on any atom is 0.419 e. The average molecular weight is 468 g/mol. The van der Waals surface area contributed by atoms with Crippen molar-refractivity contribution in [3.8, 4) is 16.3 Å². The highest BCUT2D eigenvalue weighted by Crippen LogP contribution is 2.39. The van der Waals surface area contributed by atoms with Gasteiger partial charge in [0.2, 0.25) is 0 Å². The lowest BCUT2D eigenvalue weighted by molar-refractivity contribution is -0.138. The summed E-state index contributed by atoms with van der Waals surface area (Å²) in [4.78, 5) is 0. The van der Waals surface area contributed by atoms with Crippen LogP contribution in [0.3, 0.4) is 0 Å². The summed E-state index contributed by atoms with van der Waals surface area (Å²) in [5, 5.41) is 17.5. The van der Waals surface area contributed by atoms with Crippen LogP contribution in [-0.2, 0) is 17.5 Å². The normalized spacial score (nSPS) is 12.7. The minimum absolute atomic E-state index is 0.144. The molecule has 172 valence electrons. The lowest BCUT2D eigenvalue weighted by atomic mass is 10.1. The summed E-state index contributed by atoms with van der Waals surface area (Å²) in [5.41, 5.74) is 6.14. The molecule has 1 unspecified atom stereocenters. The quantitative estimate of drug-likeness (QED) is 0.401. The van der Waals surface area contributed by atoms with E-state index in [1.165, 1.54) is 12.1 Å². The molecule has 0 bridgehead atoms. The van der Waals surface area contributed by atoms with Crippen molar-refractivity contribution < 1.29 is 27.8 Å². The van der Waals surface area contributed by atoms with Crippen LogP contribution in [0.1, 0.15) is 35.0 Å². The molecule has 0 saturated heterocycles. The number of rotatable bonds is 11. The minimum Gasteiger partial charge on any atom is -0.493 e. The van der Waals surface area contributed by atoms with E-state index in [1.54, 1.807) is 0 Å². The first-order valence-electron chi connectivity index (χ1n) is 10.0. The number of aliphatic hydroxyl groups is 1. The van der Waals surface area contributed by atoms with Crippen molar-refractivity contribution in [3.63, 3.8) is 0 Å². The zero-order valence-corrected chi connectivity index (χ0v) is 18.0. The summed E-state index contributed by atoms with van der Waals surface area (Å²) in [6.07, 6.45) is -3.35. The Balaban J connectivity index is 1.55. The number of aliphatic hydroxyl groups excluding tert-OH is 1. The Morgan fingerprint density at radius 2 is 1.78 bits per heavy atom. The van der Waals surface area contributed by atoms with E-state index in [0.29, 0.717) is 31.1 Å². The van der Waals surface area contributed by atoms with Crippen molar-refractivity contribution in [1.29, 1.82) is 0 Å². The Bertz CT molecular complexity index is 983. The van der Waals surface area contributed by atoms with E-state index in [2.05, 4.69) is 10.2 Å². The van der Waals surface area contributed by atoms with Gasteiger partial charge in [-0.25, -0.2) is 0 Å². The van der Waals surface area contributed by atoms with Crippen LogP contribution in [0.25, 0.3) is 10.6 Å². The van der Waals surface area contributed by atoms with Gasteiger partial charge >= 0.3 is 6.18 Å². The van der Waals surface area contributed by atoms with Crippen LogP contribution < -0.4 is 10.5 Å². The Hall–Kier alpha value is -2.53. The fourth-order valence-corrected chi connectivity index (χ4v) is 3.67. The highest BCUT2D eigenvalue weighted by atomic mass is 32.1. The maximum atomic E-state index is 13.6. The smallest absolute Gasteiger partial charge is 0.419 e. The summed E-state index contributed by atoms with van der Waals surface area (Å²) < 4.78 is 51.7. The molecule has 3 aromatic rings. The molecule has 0 aliphatic heterocycles. The zero-order chi connectivity index (χ0) is 23.0. The van der Waals surface area contributed by atoms with Gasteiger partial charge in [-0.15, -0.1) is 10.2 Å². The van der Waals surface area contributed by atoms with Crippen LogP contribution in [0.5, 0.6) is 5.75 Å². The van der Waals surface area contributed by atoms with Crippen molar-refractivity contribution in [3.05, 3.63) is 64.7 Å². The molecule has 1 aromatic heterocycles. The Labute approximate surface area is 187 Å². The number of nitrogens with zero attached hydrogens (tertiary/aromatic N) is 2. The van der Waals surface area contributed by atoms with Gasteiger partial charge in [0.05, 0.1) is 31.4 Å². The lowest BCUT2D eigenvalue weighted by Crippen LogP contribution is -2.13. The minimum atomic E-state index is -4.58. The fourth-order valence-electron chi connectivity index (χ4n) is 2.84. The summed E-state index contributed by atoms with van der Waals surface area (Å²) in [5.74, 6) is -0.233. The first kappa shape index (κ1) is 24.1. The number of benzene rings is 2. The third kappa shape index (κ3) is 6.73. The molecule has 0 aliphatic rings. The number of hydrogen-bond donors (Lipinski definition) is 2. The van der Waals surface area contributed by atoms with Crippen LogP contribution >= 0.6 is 11.3 Å². The molecule has 10 heteroatoms. The molecule has 0 radical (unpaired) electrons. The predicted octanol–water partition coefficient (Wildman–Crippen LogP) is 4.59. The van der Waals surface area contributed by atoms with E-state index >= 15 is 0 Å². The van der Waals surface area contributed by atoms with Crippen LogP contribution in [-0.4, -0.2) is 35.1 Å². The Morgan fingerprint density at radius 1 is 1.03 bits per heavy atom. The van der Waals surface area contributed by atoms with E-state index in [-0.39, 0.29) is 29.5 Å². The first-order valence-corrected chi connectivity index (χ1v) is 10.9. The zero-order valence-electron chi connectivity index (χ0n) is 17.2. The number of ether oxygens (including phenoxy) is 2. The summed E-state index contributed by atoms with van der Waals surface area (Å²) >= 11 is 1.04. The molecule has 6 nitrogen and oxygen atoms in total. The molecule has 32 heavy (non-hydrogen) atoms. The molecule has 0 fully saturated rings. The van der Waals surface area contributed by atoms with Crippen molar-refractivity contribution in [1.82, 2.24) is 10.2 Å². The van der Waals surface area contributed by atoms with Crippen LogP contribution in [0.15, 0.2) is 48.5 Å². The standard InChI is InChI=1S/C22H24F3N3O3S/c23-22(24,25)17-12-16(20-27-28-21(32-20)18(26)13-29)8-9-19(17)31-11-5-4-10-30-14-15-6-2-1-3-7-15/h1-3,6-9,12,18,29H,4-5,10-11,13-14,26H2. The van der Waals surface area contributed by atoms with E-state index in [1.807, 2.05) is 30.3 Å². The Kier molecular flexibility index (Phi) is 8.57.